The smallest absolute Gasteiger partial charge is 0.225 e. The molecule has 0 radical (unpaired) electrons. The summed E-state index contributed by atoms with van der Waals surface area (Å²) < 4.78 is 0. The fourth-order valence-corrected chi connectivity index (χ4v) is 3.08. The number of carbonyl (C=O) groups is 1. The Hall–Kier alpha value is -3.62. The second kappa shape index (κ2) is 9.54. The van der Waals surface area contributed by atoms with Crippen molar-refractivity contribution in [1.29, 1.82) is 0 Å². The number of hydrogen-bond acceptors (Lipinski definition) is 3. The number of benzene rings is 2. The van der Waals surface area contributed by atoms with Gasteiger partial charge in [0.1, 0.15) is 5.82 Å². The average molecular weight is 383 g/mol. The monoisotopic (exact) mass is 383 g/mol. The molecule has 146 valence electrons. The molecule has 1 amide bonds. The van der Waals surface area contributed by atoms with E-state index in [4.69, 9.17) is 0 Å². The SMILES string of the molecule is C=C=C/C(=C\N(C)C)c1ccc2cnc(NC(=O)CCc3ccccc3)cc2c1. The van der Waals surface area contributed by atoms with Crippen molar-refractivity contribution in [3.05, 3.63) is 96.5 Å². The Kier molecular flexibility index (Phi) is 6.62. The molecule has 4 heteroatoms. The number of pyridine rings is 1. The lowest BCUT2D eigenvalue weighted by Crippen LogP contribution is -2.13. The molecule has 3 rings (SSSR count). The first-order valence-corrected chi connectivity index (χ1v) is 9.53. The first-order valence-electron chi connectivity index (χ1n) is 9.53. The van der Waals surface area contributed by atoms with Crippen LogP contribution >= 0.6 is 0 Å². The van der Waals surface area contributed by atoms with Crippen LogP contribution in [0.1, 0.15) is 17.5 Å². The fourth-order valence-electron chi connectivity index (χ4n) is 3.08. The second-order valence-electron chi connectivity index (χ2n) is 7.06. The van der Waals surface area contributed by atoms with Crippen molar-refractivity contribution in [1.82, 2.24) is 9.88 Å². The van der Waals surface area contributed by atoms with E-state index in [1.807, 2.05) is 79.8 Å². The van der Waals surface area contributed by atoms with Gasteiger partial charge in [-0.2, -0.15) is 0 Å². The third kappa shape index (κ3) is 5.68. The predicted molar refractivity (Wildman–Crippen MR) is 121 cm³/mol. The summed E-state index contributed by atoms with van der Waals surface area (Å²) in [5.41, 5.74) is 6.05. The quantitative estimate of drug-likeness (QED) is 0.459. The maximum absolute atomic E-state index is 12.3. The Morgan fingerprint density at radius 1 is 1.14 bits per heavy atom. The molecule has 0 aliphatic rings. The van der Waals surface area contributed by atoms with E-state index in [-0.39, 0.29) is 5.91 Å². The Balaban J connectivity index is 1.77. The molecule has 0 saturated carbocycles. The summed E-state index contributed by atoms with van der Waals surface area (Å²) in [5, 5.41) is 4.94. The van der Waals surface area contributed by atoms with Gasteiger partial charge >= 0.3 is 0 Å². The van der Waals surface area contributed by atoms with Crippen molar-refractivity contribution in [3.63, 3.8) is 0 Å². The molecule has 2 aromatic carbocycles. The van der Waals surface area contributed by atoms with Crippen molar-refractivity contribution in [2.45, 2.75) is 12.8 Å². The second-order valence-corrected chi connectivity index (χ2v) is 7.06. The van der Waals surface area contributed by atoms with Crippen LogP contribution in [0.25, 0.3) is 16.3 Å². The molecule has 1 N–H and O–H groups in total. The van der Waals surface area contributed by atoms with Gasteiger partial charge in [0.2, 0.25) is 5.91 Å². The van der Waals surface area contributed by atoms with Gasteiger partial charge in [-0.05, 0) is 41.1 Å². The molecule has 4 nitrogen and oxygen atoms in total. The number of aromatic nitrogens is 1. The molecular formula is C25H25N3O. The molecule has 1 heterocycles. The lowest BCUT2D eigenvalue weighted by Gasteiger charge is -2.10. The highest BCUT2D eigenvalue weighted by Gasteiger charge is 2.07. The number of allylic oxidation sites excluding steroid dienone is 2. The van der Waals surface area contributed by atoms with E-state index in [0.717, 1.165) is 27.5 Å². The normalized spacial score (nSPS) is 11.0. The van der Waals surface area contributed by atoms with E-state index < -0.39 is 0 Å². The van der Waals surface area contributed by atoms with Gasteiger partial charge < -0.3 is 10.2 Å². The third-order valence-corrected chi connectivity index (χ3v) is 4.46. The molecule has 0 atom stereocenters. The summed E-state index contributed by atoms with van der Waals surface area (Å²) in [7, 11) is 3.95. The van der Waals surface area contributed by atoms with E-state index in [9.17, 15) is 4.79 Å². The van der Waals surface area contributed by atoms with Gasteiger partial charge in [0.05, 0.1) is 0 Å². The van der Waals surface area contributed by atoms with Crippen molar-refractivity contribution in [3.8, 4) is 0 Å². The van der Waals surface area contributed by atoms with Gasteiger partial charge in [0.25, 0.3) is 0 Å². The highest BCUT2D eigenvalue weighted by molar-refractivity contribution is 5.94. The zero-order valence-electron chi connectivity index (χ0n) is 16.9. The Morgan fingerprint density at radius 2 is 1.93 bits per heavy atom. The fraction of sp³-hybridized carbons (Fsp3) is 0.160. The molecule has 0 unspecified atom stereocenters. The maximum atomic E-state index is 12.3. The van der Waals surface area contributed by atoms with Crippen molar-refractivity contribution in [2.75, 3.05) is 19.4 Å². The summed E-state index contributed by atoms with van der Waals surface area (Å²) in [6.07, 6.45) is 6.78. The molecule has 0 bridgehead atoms. The molecule has 0 spiro atoms. The van der Waals surface area contributed by atoms with E-state index in [0.29, 0.717) is 18.7 Å². The highest BCUT2D eigenvalue weighted by Crippen LogP contribution is 2.24. The van der Waals surface area contributed by atoms with E-state index in [2.05, 4.69) is 28.7 Å². The van der Waals surface area contributed by atoms with Crippen LogP contribution in [0, 0.1) is 0 Å². The molecule has 0 aliphatic heterocycles. The minimum Gasteiger partial charge on any atom is -0.383 e. The van der Waals surface area contributed by atoms with Crippen LogP contribution in [0.3, 0.4) is 0 Å². The predicted octanol–water partition coefficient (Wildman–Crippen LogP) is 5.05. The maximum Gasteiger partial charge on any atom is 0.225 e. The number of aryl methyl sites for hydroxylation is 1. The van der Waals surface area contributed by atoms with Crippen LogP contribution in [-0.2, 0) is 11.2 Å². The molecule has 0 aliphatic carbocycles. The number of anilines is 1. The number of nitrogens with one attached hydrogen (secondary N) is 1. The zero-order valence-corrected chi connectivity index (χ0v) is 16.9. The van der Waals surface area contributed by atoms with Crippen molar-refractivity contribution >= 4 is 28.1 Å². The van der Waals surface area contributed by atoms with Crippen LogP contribution < -0.4 is 5.32 Å². The summed E-state index contributed by atoms with van der Waals surface area (Å²) in [5.74, 6) is 0.518. The number of fused-ring (bicyclic) bond motifs is 1. The summed E-state index contributed by atoms with van der Waals surface area (Å²) in [4.78, 5) is 18.7. The number of hydrogen-bond donors (Lipinski definition) is 1. The third-order valence-electron chi connectivity index (χ3n) is 4.46. The van der Waals surface area contributed by atoms with Crippen LogP contribution in [0.15, 0.2) is 85.4 Å². The number of carbonyl (C=O) groups excluding carboxylic acids is 1. The Labute approximate surface area is 171 Å². The molecule has 0 saturated heterocycles. The summed E-state index contributed by atoms with van der Waals surface area (Å²) >= 11 is 0. The molecular weight excluding hydrogens is 358 g/mol. The summed E-state index contributed by atoms with van der Waals surface area (Å²) in [6, 6.07) is 18.1. The van der Waals surface area contributed by atoms with E-state index in [1.165, 1.54) is 0 Å². The standard InChI is InChI=1S/C25H25N3O/c1-4-8-22(18-28(2)3)20-12-13-21-17-26-24(16-23(21)15-20)27-25(29)14-11-19-9-6-5-7-10-19/h5-10,12-13,15-18H,1,11,14H2,2-3H3,(H,26,27,29)/b22-18+. The first kappa shape index (κ1) is 20.1. The molecule has 3 aromatic rings. The van der Waals surface area contributed by atoms with Crippen LogP contribution in [0.5, 0.6) is 0 Å². The lowest BCUT2D eigenvalue weighted by atomic mass is 10.0. The van der Waals surface area contributed by atoms with Crippen molar-refractivity contribution < 1.29 is 4.79 Å². The van der Waals surface area contributed by atoms with Gasteiger partial charge in [0.15, 0.2) is 0 Å². The van der Waals surface area contributed by atoms with Gasteiger partial charge in [-0.15, -0.1) is 5.73 Å². The Bertz CT molecular complexity index is 1080. The lowest BCUT2D eigenvalue weighted by molar-refractivity contribution is -0.116. The number of nitrogens with zero attached hydrogens (tertiary/aromatic N) is 2. The average Bonchev–Trinajstić information content (AvgIpc) is 2.72. The molecule has 29 heavy (non-hydrogen) atoms. The number of rotatable bonds is 7. The van der Waals surface area contributed by atoms with Gasteiger partial charge in [-0.25, -0.2) is 4.98 Å². The molecule has 1 aromatic heterocycles. The minimum atomic E-state index is -0.0420. The van der Waals surface area contributed by atoms with Crippen LogP contribution in [0.4, 0.5) is 5.82 Å². The molecule has 0 fully saturated rings. The van der Waals surface area contributed by atoms with E-state index in [1.54, 1.807) is 6.20 Å². The number of amides is 1. The van der Waals surface area contributed by atoms with E-state index >= 15 is 0 Å². The van der Waals surface area contributed by atoms with Gasteiger partial charge in [-0.3, -0.25) is 4.79 Å². The van der Waals surface area contributed by atoms with Crippen LogP contribution in [0.2, 0.25) is 0 Å². The topological polar surface area (TPSA) is 45.2 Å². The van der Waals surface area contributed by atoms with Gasteiger partial charge in [0, 0.05) is 43.9 Å². The van der Waals surface area contributed by atoms with Gasteiger partial charge in [-0.1, -0.05) is 49.0 Å². The first-order chi connectivity index (χ1) is 14.0. The minimum absolute atomic E-state index is 0.0420. The summed E-state index contributed by atoms with van der Waals surface area (Å²) in [6.45, 7) is 3.68. The Morgan fingerprint density at radius 3 is 2.66 bits per heavy atom. The van der Waals surface area contributed by atoms with Crippen molar-refractivity contribution in [2.24, 2.45) is 0 Å². The highest BCUT2D eigenvalue weighted by atomic mass is 16.1. The van der Waals surface area contributed by atoms with Crippen LogP contribution in [-0.4, -0.2) is 29.9 Å². The largest absolute Gasteiger partial charge is 0.383 e. The zero-order chi connectivity index (χ0) is 20.6.